The summed E-state index contributed by atoms with van der Waals surface area (Å²) in [6.07, 6.45) is 0. The molecule has 1 heterocycles. The number of benzene rings is 1. The molecule has 0 N–H and O–H groups in total. The van der Waals surface area contributed by atoms with E-state index in [0.717, 1.165) is 32.7 Å². The Bertz CT molecular complexity index is 434. The highest BCUT2D eigenvalue weighted by Gasteiger charge is 2.18. The molecule has 0 aliphatic carbocycles. The van der Waals surface area contributed by atoms with E-state index in [9.17, 15) is 4.79 Å². The second-order valence-electron chi connectivity index (χ2n) is 5.59. The summed E-state index contributed by atoms with van der Waals surface area (Å²) in [7, 11) is 1.41. The van der Waals surface area contributed by atoms with E-state index in [1.807, 2.05) is 24.3 Å². The molecule has 0 unspecified atom stereocenters. The summed E-state index contributed by atoms with van der Waals surface area (Å²) in [6.45, 7) is 9.94. The molecule has 20 heavy (non-hydrogen) atoms. The normalized spacial score (nSPS) is 17.4. The smallest absolute Gasteiger partial charge is 0.337 e. The van der Waals surface area contributed by atoms with Crippen molar-refractivity contribution in [2.24, 2.45) is 0 Å². The van der Waals surface area contributed by atoms with Crippen molar-refractivity contribution in [1.82, 2.24) is 9.80 Å². The number of methoxy groups -OCH3 is 1. The van der Waals surface area contributed by atoms with Gasteiger partial charge in [-0.2, -0.15) is 0 Å². The predicted molar refractivity (Wildman–Crippen MR) is 79.8 cm³/mol. The highest BCUT2D eigenvalue weighted by atomic mass is 16.5. The number of hydrogen-bond donors (Lipinski definition) is 0. The first-order chi connectivity index (χ1) is 9.60. The van der Waals surface area contributed by atoms with Gasteiger partial charge >= 0.3 is 5.97 Å². The van der Waals surface area contributed by atoms with Crippen molar-refractivity contribution < 1.29 is 9.53 Å². The van der Waals surface area contributed by atoms with Crippen LogP contribution in [-0.2, 0) is 11.3 Å². The lowest BCUT2D eigenvalue weighted by molar-refractivity contribution is 0.0600. The van der Waals surface area contributed by atoms with Gasteiger partial charge in [0.05, 0.1) is 12.7 Å². The van der Waals surface area contributed by atoms with Crippen LogP contribution in [0.15, 0.2) is 24.3 Å². The Morgan fingerprint density at radius 1 is 1.15 bits per heavy atom. The van der Waals surface area contributed by atoms with Gasteiger partial charge in [0.1, 0.15) is 0 Å². The average Bonchev–Trinajstić information content (AvgIpc) is 2.48. The van der Waals surface area contributed by atoms with Gasteiger partial charge in [-0.25, -0.2) is 4.79 Å². The minimum absolute atomic E-state index is 0.276. The summed E-state index contributed by atoms with van der Waals surface area (Å²) in [4.78, 5) is 16.4. The predicted octanol–water partition coefficient (Wildman–Crippen LogP) is 2.00. The van der Waals surface area contributed by atoms with Crippen molar-refractivity contribution in [3.05, 3.63) is 35.4 Å². The Kier molecular flexibility index (Phi) is 5.15. The van der Waals surface area contributed by atoms with Gasteiger partial charge in [-0.05, 0) is 31.5 Å². The lowest BCUT2D eigenvalue weighted by Gasteiger charge is -2.36. The number of piperazine rings is 1. The van der Waals surface area contributed by atoms with Gasteiger partial charge in [-0.1, -0.05) is 12.1 Å². The van der Waals surface area contributed by atoms with Crippen molar-refractivity contribution in [2.75, 3.05) is 33.3 Å². The van der Waals surface area contributed by atoms with Gasteiger partial charge in [-0.3, -0.25) is 9.80 Å². The first-order valence-electron chi connectivity index (χ1n) is 7.24. The highest BCUT2D eigenvalue weighted by Crippen LogP contribution is 2.12. The van der Waals surface area contributed by atoms with Crippen LogP contribution >= 0.6 is 0 Å². The molecule has 2 rings (SSSR count). The maximum atomic E-state index is 11.4. The molecule has 1 aromatic rings. The zero-order chi connectivity index (χ0) is 14.5. The second kappa shape index (κ2) is 6.86. The number of carbonyl (C=O) groups excluding carboxylic acids is 1. The number of carbonyl (C=O) groups is 1. The first-order valence-corrected chi connectivity index (χ1v) is 7.24. The largest absolute Gasteiger partial charge is 0.465 e. The van der Waals surface area contributed by atoms with E-state index in [0.29, 0.717) is 11.6 Å². The maximum absolute atomic E-state index is 11.4. The van der Waals surface area contributed by atoms with Crippen molar-refractivity contribution in [3.8, 4) is 0 Å². The molecule has 1 aliphatic heterocycles. The van der Waals surface area contributed by atoms with Crippen LogP contribution < -0.4 is 0 Å². The zero-order valence-electron chi connectivity index (χ0n) is 12.6. The molecule has 0 atom stereocenters. The monoisotopic (exact) mass is 276 g/mol. The van der Waals surface area contributed by atoms with E-state index >= 15 is 0 Å². The zero-order valence-corrected chi connectivity index (χ0v) is 12.6. The molecule has 0 radical (unpaired) electrons. The fourth-order valence-corrected chi connectivity index (χ4v) is 2.56. The van der Waals surface area contributed by atoms with Crippen molar-refractivity contribution in [3.63, 3.8) is 0 Å². The molecule has 1 saturated heterocycles. The Labute approximate surface area is 121 Å². The number of esters is 1. The van der Waals surface area contributed by atoms with Gasteiger partial charge in [0, 0.05) is 38.8 Å². The SMILES string of the molecule is COC(=O)c1ccc(CN2CCN(C(C)C)CC2)cc1. The van der Waals surface area contributed by atoms with E-state index in [4.69, 9.17) is 4.74 Å². The lowest BCUT2D eigenvalue weighted by Crippen LogP contribution is -2.48. The summed E-state index contributed by atoms with van der Waals surface area (Å²) in [5.74, 6) is -0.276. The summed E-state index contributed by atoms with van der Waals surface area (Å²) < 4.78 is 4.71. The Balaban J connectivity index is 1.87. The summed E-state index contributed by atoms with van der Waals surface area (Å²) in [6, 6.07) is 8.34. The van der Waals surface area contributed by atoms with Crippen LogP contribution in [0.4, 0.5) is 0 Å². The number of hydrogen-bond acceptors (Lipinski definition) is 4. The highest BCUT2D eigenvalue weighted by molar-refractivity contribution is 5.89. The number of rotatable bonds is 4. The van der Waals surface area contributed by atoms with E-state index in [1.54, 1.807) is 0 Å². The van der Waals surface area contributed by atoms with Crippen molar-refractivity contribution in [2.45, 2.75) is 26.4 Å². The molecule has 0 aromatic heterocycles. The van der Waals surface area contributed by atoms with Gasteiger partial charge < -0.3 is 4.74 Å². The number of nitrogens with zero attached hydrogens (tertiary/aromatic N) is 2. The van der Waals surface area contributed by atoms with Crippen LogP contribution in [-0.4, -0.2) is 55.1 Å². The Morgan fingerprint density at radius 3 is 2.25 bits per heavy atom. The Morgan fingerprint density at radius 2 is 1.75 bits per heavy atom. The third-order valence-electron chi connectivity index (χ3n) is 3.92. The molecule has 0 spiro atoms. The van der Waals surface area contributed by atoms with Crippen molar-refractivity contribution in [1.29, 1.82) is 0 Å². The molecule has 4 nitrogen and oxygen atoms in total. The third kappa shape index (κ3) is 3.81. The molecular weight excluding hydrogens is 252 g/mol. The molecule has 4 heteroatoms. The van der Waals surface area contributed by atoms with Crippen LogP contribution in [0.2, 0.25) is 0 Å². The van der Waals surface area contributed by atoms with Gasteiger partial charge in [0.25, 0.3) is 0 Å². The van der Waals surface area contributed by atoms with E-state index in [1.165, 1.54) is 12.7 Å². The van der Waals surface area contributed by atoms with E-state index in [-0.39, 0.29) is 5.97 Å². The van der Waals surface area contributed by atoms with Crippen LogP contribution in [0.5, 0.6) is 0 Å². The summed E-state index contributed by atoms with van der Waals surface area (Å²) in [5, 5.41) is 0. The fraction of sp³-hybridized carbons (Fsp3) is 0.562. The van der Waals surface area contributed by atoms with Crippen molar-refractivity contribution >= 4 is 5.97 Å². The molecular formula is C16H24N2O2. The molecule has 1 fully saturated rings. The fourth-order valence-electron chi connectivity index (χ4n) is 2.56. The quantitative estimate of drug-likeness (QED) is 0.788. The summed E-state index contributed by atoms with van der Waals surface area (Å²) in [5.41, 5.74) is 1.86. The molecule has 0 bridgehead atoms. The van der Waals surface area contributed by atoms with Gasteiger partial charge in [0.2, 0.25) is 0 Å². The number of ether oxygens (including phenoxy) is 1. The molecule has 1 aliphatic rings. The molecule has 0 amide bonds. The summed E-state index contributed by atoms with van der Waals surface area (Å²) >= 11 is 0. The van der Waals surface area contributed by atoms with Crippen LogP contribution in [0, 0.1) is 0 Å². The minimum Gasteiger partial charge on any atom is -0.465 e. The van der Waals surface area contributed by atoms with Crippen LogP contribution in [0.3, 0.4) is 0 Å². The standard InChI is InChI=1S/C16H24N2O2/c1-13(2)18-10-8-17(9-11-18)12-14-4-6-15(7-5-14)16(19)20-3/h4-7,13H,8-12H2,1-3H3. The second-order valence-corrected chi connectivity index (χ2v) is 5.59. The lowest BCUT2D eigenvalue weighted by atomic mass is 10.1. The van der Waals surface area contributed by atoms with Crippen LogP contribution in [0.1, 0.15) is 29.8 Å². The topological polar surface area (TPSA) is 32.8 Å². The molecule has 110 valence electrons. The van der Waals surface area contributed by atoms with Gasteiger partial charge in [0.15, 0.2) is 0 Å². The Hall–Kier alpha value is -1.39. The van der Waals surface area contributed by atoms with E-state index < -0.39 is 0 Å². The average molecular weight is 276 g/mol. The van der Waals surface area contributed by atoms with Crippen LogP contribution in [0.25, 0.3) is 0 Å². The van der Waals surface area contributed by atoms with Gasteiger partial charge in [-0.15, -0.1) is 0 Å². The first kappa shape index (κ1) is 15.0. The molecule has 0 saturated carbocycles. The molecule has 1 aromatic carbocycles. The minimum atomic E-state index is -0.276. The third-order valence-corrected chi connectivity index (χ3v) is 3.92. The maximum Gasteiger partial charge on any atom is 0.337 e. The van der Waals surface area contributed by atoms with E-state index in [2.05, 4.69) is 23.6 Å².